The van der Waals surface area contributed by atoms with Gasteiger partial charge in [-0.25, -0.2) is 8.42 Å². The molecule has 2 heterocycles. The highest BCUT2D eigenvalue weighted by Crippen LogP contribution is 2.21. The Kier molecular flexibility index (Phi) is 5.04. The van der Waals surface area contributed by atoms with Gasteiger partial charge >= 0.3 is 0 Å². The van der Waals surface area contributed by atoms with Crippen LogP contribution in [0.15, 0.2) is 0 Å². The molecule has 2 aliphatic rings. The summed E-state index contributed by atoms with van der Waals surface area (Å²) in [7, 11) is -2.81. The lowest BCUT2D eigenvalue weighted by atomic mass is 10.00. The van der Waals surface area contributed by atoms with Crippen molar-refractivity contribution in [1.82, 2.24) is 5.32 Å². The minimum absolute atomic E-state index is 0.148. The zero-order valence-electron chi connectivity index (χ0n) is 11.2. The van der Waals surface area contributed by atoms with E-state index < -0.39 is 9.84 Å². The zero-order valence-corrected chi connectivity index (χ0v) is 12.0. The summed E-state index contributed by atoms with van der Waals surface area (Å²) in [6.07, 6.45) is 6.32. The third-order valence-electron chi connectivity index (χ3n) is 4.07. The largest absolute Gasteiger partial charge is 0.378 e. The van der Waals surface area contributed by atoms with Crippen LogP contribution in [-0.2, 0) is 14.6 Å². The molecule has 1 N–H and O–H groups in total. The van der Waals surface area contributed by atoms with Crippen molar-refractivity contribution < 1.29 is 13.2 Å². The predicted molar refractivity (Wildman–Crippen MR) is 72.5 cm³/mol. The number of sulfone groups is 1. The highest BCUT2D eigenvalue weighted by atomic mass is 32.2. The van der Waals surface area contributed by atoms with E-state index in [0.29, 0.717) is 24.4 Å². The summed E-state index contributed by atoms with van der Waals surface area (Å²) in [5, 5.41) is 3.30. The van der Waals surface area contributed by atoms with Crippen molar-refractivity contribution >= 4 is 9.84 Å². The zero-order chi connectivity index (χ0) is 13.0. The van der Waals surface area contributed by atoms with Gasteiger partial charge in [-0.05, 0) is 32.1 Å². The van der Waals surface area contributed by atoms with Gasteiger partial charge in [0.05, 0.1) is 17.1 Å². The SMILES string of the molecule is CCCC1CC(NCC2CCCS2(=O)=O)CCO1. The van der Waals surface area contributed by atoms with Crippen LogP contribution in [0.25, 0.3) is 0 Å². The van der Waals surface area contributed by atoms with Crippen molar-refractivity contribution in [2.75, 3.05) is 18.9 Å². The summed E-state index contributed by atoms with van der Waals surface area (Å²) in [5.41, 5.74) is 0. The van der Waals surface area contributed by atoms with Crippen LogP contribution in [0.3, 0.4) is 0 Å². The topological polar surface area (TPSA) is 55.4 Å². The molecule has 0 radical (unpaired) electrons. The maximum absolute atomic E-state index is 11.7. The van der Waals surface area contributed by atoms with Crippen molar-refractivity contribution in [3.63, 3.8) is 0 Å². The van der Waals surface area contributed by atoms with E-state index in [1.54, 1.807) is 0 Å². The number of hydrogen-bond acceptors (Lipinski definition) is 4. The summed E-state index contributed by atoms with van der Waals surface area (Å²) in [6, 6.07) is 0.436. The molecule has 4 nitrogen and oxygen atoms in total. The Morgan fingerprint density at radius 2 is 2.17 bits per heavy atom. The van der Waals surface area contributed by atoms with Gasteiger partial charge in [-0.3, -0.25) is 0 Å². The van der Waals surface area contributed by atoms with E-state index in [1.165, 1.54) is 0 Å². The van der Waals surface area contributed by atoms with Gasteiger partial charge < -0.3 is 10.1 Å². The molecule has 0 saturated carbocycles. The maximum atomic E-state index is 11.7. The van der Waals surface area contributed by atoms with Crippen molar-refractivity contribution in [2.24, 2.45) is 0 Å². The van der Waals surface area contributed by atoms with Crippen molar-refractivity contribution in [2.45, 2.75) is 62.8 Å². The molecule has 0 amide bonds. The fraction of sp³-hybridized carbons (Fsp3) is 1.00. The van der Waals surface area contributed by atoms with Gasteiger partial charge in [0.25, 0.3) is 0 Å². The van der Waals surface area contributed by atoms with Gasteiger partial charge in [0.15, 0.2) is 9.84 Å². The van der Waals surface area contributed by atoms with Crippen LogP contribution in [0, 0.1) is 0 Å². The quantitative estimate of drug-likeness (QED) is 0.826. The van der Waals surface area contributed by atoms with E-state index in [-0.39, 0.29) is 5.25 Å². The molecule has 106 valence electrons. The van der Waals surface area contributed by atoms with Crippen molar-refractivity contribution in [3.05, 3.63) is 0 Å². The van der Waals surface area contributed by atoms with Crippen LogP contribution in [-0.4, -0.2) is 44.7 Å². The van der Waals surface area contributed by atoms with Gasteiger partial charge in [0.2, 0.25) is 0 Å². The minimum atomic E-state index is -2.81. The Morgan fingerprint density at radius 1 is 1.33 bits per heavy atom. The molecule has 18 heavy (non-hydrogen) atoms. The molecule has 0 aromatic rings. The molecule has 0 spiro atoms. The van der Waals surface area contributed by atoms with E-state index in [1.807, 2.05) is 0 Å². The number of ether oxygens (including phenoxy) is 1. The van der Waals surface area contributed by atoms with Gasteiger partial charge in [-0.2, -0.15) is 0 Å². The Balaban J connectivity index is 1.76. The molecular formula is C13H25NO3S. The van der Waals surface area contributed by atoms with E-state index in [4.69, 9.17) is 4.74 Å². The Labute approximate surface area is 110 Å². The lowest BCUT2D eigenvalue weighted by molar-refractivity contribution is -0.00304. The van der Waals surface area contributed by atoms with Gasteiger partial charge in [-0.1, -0.05) is 13.3 Å². The van der Waals surface area contributed by atoms with Crippen LogP contribution < -0.4 is 5.32 Å². The van der Waals surface area contributed by atoms with E-state index in [0.717, 1.165) is 45.1 Å². The number of nitrogens with one attached hydrogen (secondary N) is 1. The smallest absolute Gasteiger partial charge is 0.154 e. The number of rotatable bonds is 5. The monoisotopic (exact) mass is 275 g/mol. The van der Waals surface area contributed by atoms with Gasteiger partial charge in [0.1, 0.15) is 0 Å². The first-order valence-corrected chi connectivity index (χ1v) is 8.90. The first kappa shape index (κ1) is 14.3. The maximum Gasteiger partial charge on any atom is 0.154 e. The fourth-order valence-corrected chi connectivity index (χ4v) is 4.75. The molecule has 0 aromatic carbocycles. The summed E-state index contributed by atoms with van der Waals surface area (Å²) >= 11 is 0. The van der Waals surface area contributed by atoms with Gasteiger partial charge in [-0.15, -0.1) is 0 Å². The highest BCUT2D eigenvalue weighted by Gasteiger charge is 2.32. The van der Waals surface area contributed by atoms with Crippen LogP contribution in [0.4, 0.5) is 0 Å². The second-order valence-electron chi connectivity index (χ2n) is 5.54. The molecule has 0 aliphatic carbocycles. The third-order valence-corrected chi connectivity index (χ3v) is 6.35. The van der Waals surface area contributed by atoms with Crippen LogP contribution in [0.2, 0.25) is 0 Å². The molecule has 3 atom stereocenters. The molecule has 3 unspecified atom stereocenters. The fourth-order valence-electron chi connectivity index (χ4n) is 2.97. The normalized spacial score (nSPS) is 35.7. The van der Waals surface area contributed by atoms with Crippen molar-refractivity contribution in [3.8, 4) is 0 Å². The molecule has 2 fully saturated rings. The standard InChI is InChI=1S/C13H25NO3S/c1-2-4-12-9-11(6-7-17-12)14-10-13-5-3-8-18(13,15)16/h11-14H,2-10H2,1H3. The second kappa shape index (κ2) is 6.35. The molecule has 0 aromatic heterocycles. The summed E-state index contributed by atoms with van der Waals surface area (Å²) < 4.78 is 29.2. The average molecular weight is 275 g/mol. The summed E-state index contributed by atoms with van der Waals surface area (Å²) in [6.45, 7) is 3.61. The highest BCUT2D eigenvalue weighted by molar-refractivity contribution is 7.92. The molecule has 2 saturated heterocycles. The van der Waals surface area contributed by atoms with E-state index in [9.17, 15) is 8.42 Å². The van der Waals surface area contributed by atoms with Gasteiger partial charge in [0, 0.05) is 19.2 Å². The Bertz CT molecular complexity index is 353. The molecule has 0 bridgehead atoms. The Hall–Kier alpha value is -0.130. The van der Waals surface area contributed by atoms with Crippen LogP contribution in [0.1, 0.15) is 45.4 Å². The van der Waals surface area contributed by atoms with Crippen molar-refractivity contribution in [1.29, 1.82) is 0 Å². The lowest BCUT2D eigenvalue weighted by Crippen LogP contribution is -2.43. The number of hydrogen-bond donors (Lipinski definition) is 1. The molecule has 2 aliphatic heterocycles. The second-order valence-corrected chi connectivity index (χ2v) is 7.94. The Morgan fingerprint density at radius 3 is 2.83 bits per heavy atom. The minimum Gasteiger partial charge on any atom is -0.378 e. The predicted octanol–water partition coefficient (Wildman–Crippen LogP) is 1.50. The molecular weight excluding hydrogens is 250 g/mol. The first-order valence-electron chi connectivity index (χ1n) is 7.18. The first-order chi connectivity index (χ1) is 8.62. The van der Waals surface area contributed by atoms with Crippen LogP contribution >= 0.6 is 0 Å². The van der Waals surface area contributed by atoms with E-state index >= 15 is 0 Å². The molecule has 5 heteroatoms. The summed E-state index contributed by atoms with van der Waals surface area (Å²) in [4.78, 5) is 0. The van der Waals surface area contributed by atoms with E-state index in [2.05, 4.69) is 12.2 Å². The summed E-state index contributed by atoms with van der Waals surface area (Å²) in [5.74, 6) is 0.381. The third kappa shape index (κ3) is 3.68. The van der Waals surface area contributed by atoms with Crippen LogP contribution in [0.5, 0.6) is 0 Å². The molecule has 2 rings (SSSR count). The average Bonchev–Trinajstić information content (AvgIpc) is 2.67. The lowest BCUT2D eigenvalue weighted by Gasteiger charge is -2.30.